The molecule has 33 heavy (non-hydrogen) atoms. The van der Waals surface area contributed by atoms with E-state index >= 15 is 0 Å². The number of ether oxygens (including phenoxy) is 3. The van der Waals surface area contributed by atoms with Crippen molar-refractivity contribution in [3.05, 3.63) is 52.3 Å². The van der Waals surface area contributed by atoms with Crippen LogP contribution in [0.5, 0.6) is 5.75 Å². The van der Waals surface area contributed by atoms with Gasteiger partial charge in [0.1, 0.15) is 11.4 Å². The number of carbonyl (C=O) groups is 3. The maximum Gasteiger partial charge on any atom is 0.354 e. The zero-order chi connectivity index (χ0) is 24.7. The molecule has 0 fully saturated rings. The highest BCUT2D eigenvalue weighted by atomic mass is 16.5. The second-order valence-electron chi connectivity index (χ2n) is 7.81. The van der Waals surface area contributed by atoms with Crippen LogP contribution in [0.15, 0.2) is 24.3 Å². The number of Topliss-reactive ketones (excluding diaryl/α,β-unsaturated/α-hetero) is 1. The number of rotatable bonds is 11. The summed E-state index contributed by atoms with van der Waals surface area (Å²) < 4.78 is 17.2. The SMILES string of the molecule is CCOCCCN(C(=O)c1cccc(OC)c1)C(C)C(=O)c1c(C)c(C(=O)OC)n(C)c1C. The Kier molecular flexibility index (Phi) is 9.22. The van der Waals surface area contributed by atoms with E-state index < -0.39 is 12.0 Å². The minimum Gasteiger partial charge on any atom is -0.497 e. The summed E-state index contributed by atoms with van der Waals surface area (Å²) in [4.78, 5) is 40.9. The molecule has 0 aliphatic heterocycles. The molecule has 0 aliphatic rings. The number of aromatic nitrogens is 1. The molecule has 0 bridgehead atoms. The Labute approximate surface area is 195 Å². The fourth-order valence-electron chi connectivity index (χ4n) is 3.95. The summed E-state index contributed by atoms with van der Waals surface area (Å²) in [6, 6.07) is 6.10. The second kappa shape index (κ2) is 11.7. The normalized spacial score (nSPS) is 11.7. The molecule has 8 nitrogen and oxygen atoms in total. The molecule has 2 aromatic rings. The van der Waals surface area contributed by atoms with Gasteiger partial charge >= 0.3 is 5.97 Å². The van der Waals surface area contributed by atoms with E-state index in [1.807, 2.05) is 6.92 Å². The van der Waals surface area contributed by atoms with Crippen molar-refractivity contribution in [1.29, 1.82) is 0 Å². The van der Waals surface area contributed by atoms with Crippen LogP contribution in [0.1, 0.15) is 62.7 Å². The number of methoxy groups -OCH3 is 2. The van der Waals surface area contributed by atoms with Crippen molar-refractivity contribution in [2.75, 3.05) is 34.0 Å². The van der Waals surface area contributed by atoms with E-state index in [0.29, 0.717) is 60.0 Å². The third-order valence-electron chi connectivity index (χ3n) is 5.87. The first-order chi connectivity index (χ1) is 15.7. The molecule has 0 saturated carbocycles. The Balaban J connectivity index is 2.43. The lowest BCUT2D eigenvalue weighted by molar-refractivity contribution is 0.0585. The van der Waals surface area contributed by atoms with Crippen LogP contribution in [0.4, 0.5) is 0 Å². The molecule has 1 atom stereocenters. The van der Waals surface area contributed by atoms with E-state index in [1.54, 1.807) is 61.6 Å². The smallest absolute Gasteiger partial charge is 0.354 e. The van der Waals surface area contributed by atoms with Gasteiger partial charge in [0.15, 0.2) is 5.78 Å². The van der Waals surface area contributed by atoms with Crippen molar-refractivity contribution in [2.45, 2.75) is 40.2 Å². The first-order valence-corrected chi connectivity index (χ1v) is 11.0. The van der Waals surface area contributed by atoms with Gasteiger partial charge in [-0.15, -0.1) is 0 Å². The Bertz CT molecular complexity index is 1010. The Hall–Kier alpha value is -3.13. The Morgan fingerprint density at radius 2 is 1.85 bits per heavy atom. The van der Waals surface area contributed by atoms with Gasteiger partial charge in [0.2, 0.25) is 0 Å². The number of carbonyl (C=O) groups excluding carboxylic acids is 3. The van der Waals surface area contributed by atoms with Gasteiger partial charge in [-0.3, -0.25) is 9.59 Å². The average molecular weight is 459 g/mol. The van der Waals surface area contributed by atoms with Crippen molar-refractivity contribution in [3.63, 3.8) is 0 Å². The molecule has 0 N–H and O–H groups in total. The van der Waals surface area contributed by atoms with E-state index in [4.69, 9.17) is 14.2 Å². The zero-order valence-corrected chi connectivity index (χ0v) is 20.6. The second-order valence-corrected chi connectivity index (χ2v) is 7.81. The predicted molar refractivity (Wildman–Crippen MR) is 125 cm³/mol. The minimum absolute atomic E-state index is 0.233. The highest BCUT2D eigenvalue weighted by Gasteiger charge is 2.32. The molecule has 0 radical (unpaired) electrons. The highest BCUT2D eigenvalue weighted by Crippen LogP contribution is 2.25. The average Bonchev–Trinajstić information content (AvgIpc) is 3.05. The van der Waals surface area contributed by atoms with E-state index in [1.165, 1.54) is 14.2 Å². The van der Waals surface area contributed by atoms with E-state index in [2.05, 4.69) is 0 Å². The quantitative estimate of drug-likeness (QED) is 0.291. The van der Waals surface area contributed by atoms with Crippen molar-refractivity contribution >= 4 is 17.7 Å². The van der Waals surface area contributed by atoms with Crippen LogP contribution < -0.4 is 4.74 Å². The first kappa shape index (κ1) is 26.1. The molecule has 1 heterocycles. The van der Waals surface area contributed by atoms with Crippen LogP contribution in [-0.4, -0.2) is 67.1 Å². The summed E-state index contributed by atoms with van der Waals surface area (Å²) >= 11 is 0. The monoisotopic (exact) mass is 458 g/mol. The molecule has 2 rings (SSSR count). The van der Waals surface area contributed by atoms with Gasteiger partial charge in [-0.2, -0.15) is 0 Å². The maximum atomic E-state index is 13.6. The Morgan fingerprint density at radius 3 is 2.45 bits per heavy atom. The number of hydrogen-bond acceptors (Lipinski definition) is 6. The zero-order valence-electron chi connectivity index (χ0n) is 20.6. The first-order valence-electron chi connectivity index (χ1n) is 11.0. The van der Waals surface area contributed by atoms with Crippen molar-refractivity contribution in [3.8, 4) is 5.75 Å². The minimum atomic E-state index is -0.754. The third-order valence-corrected chi connectivity index (χ3v) is 5.87. The molecule has 180 valence electrons. The lowest BCUT2D eigenvalue weighted by Gasteiger charge is -2.29. The highest BCUT2D eigenvalue weighted by molar-refractivity contribution is 6.07. The summed E-state index contributed by atoms with van der Waals surface area (Å²) in [6.45, 7) is 8.53. The summed E-state index contributed by atoms with van der Waals surface area (Å²) in [5.41, 5.74) is 2.38. The molecular formula is C25H34N2O6. The van der Waals surface area contributed by atoms with E-state index in [0.717, 1.165) is 0 Å². The molecule has 1 amide bonds. The summed E-state index contributed by atoms with van der Waals surface area (Å²) in [5, 5.41) is 0. The molecule has 1 aromatic heterocycles. The van der Waals surface area contributed by atoms with Crippen molar-refractivity contribution < 1.29 is 28.6 Å². The van der Waals surface area contributed by atoms with Gasteiger partial charge in [0, 0.05) is 43.6 Å². The van der Waals surface area contributed by atoms with Crippen LogP contribution in [0, 0.1) is 13.8 Å². The summed E-state index contributed by atoms with van der Waals surface area (Å²) in [7, 11) is 4.56. The number of amides is 1. The fourth-order valence-corrected chi connectivity index (χ4v) is 3.95. The molecule has 0 aliphatic carbocycles. The number of hydrogen-bond donors (Lipinski definition) is 0. The number of benzene rings is 1. The van der Waals surface area contributed by atoms with Gasteiger partial charge in [0.25, 0.3) is 5.91 Å². The van der Waals surface area contributed by atoms with Gasteiger partial charge in [-0.05, 0) is 57.9 Å². The largest absolute Gasteiger partial charge is 0.497 e. The summed E-state index contributed by atoms with van der Waals surface area (Å²) in [6.07, 6.45) is 0.585. The van der Waals surface area contributed by atoms with Gasteiger partial charge in [-0.1, -0.05) is 6.07 Å². The van der Waals surface area contributed by atoms with E-state index in [9.17, 15) is 14.4 Å². The van der Waals surface area contributed by atoms with Gasteiger partial charge in [0.05, 0.1) is 20.3 Å². The fraction of sp³-hybridized carbons (Fsp3) is 0.480. The van der Waals surface area contributed by atoms with Gasteiger partial charge in [-0.25, -0.2) is 4.79 Å². The molecule has 8 heteroatoms. The number of ketones is 1. The molecule has 1 unspecified atom stereocenters. The topological polar surface area (TPSA) is 87.1 Å². The predicted octanol–water partition coefficient (Wildman–Crippen LogP) is 3.58. The molecule has 0 spiro atoms. The number of esters is 1. The summed E-state index contributed by atoms with van der Waals surface area (Å²) in [5.74, 6) is -0.452. The molecule has 0 saturated heterocycles. The van der Waals surface area contributed by atoms with Crippen LogP contribution >= 0.6 is 0 Å². The van der Waals surface area contributed by atoms with Crippen LogP contribution in [0.3, 0.4) is 0 Å². The third kappa shape index (κ3) is 5.63. The van der Waals surface area contributed by atoms with Crippen LogP contribution in [0.2, 0.25) is 0 Å². The standard InChI is InChI=1S/C25H34N2O6/c1-8-33-14-10-13-27(24(29)19-11-9-12-20(15-19)31-6)18(4)23(28)21-16(2)22(25(30)32-7)26(5)17(21)3/h9,11-12,15,18H,8,10,13-14H2,1-7H3. The van der Waals surface area contributed by atoms with Crippen LogP contribution in [0.25, 0.3) is 0 Å². The van der Waals surface area contributed by atoms with E-state index in [-0.39, 0.29) is 11.7 Å². The van der Waals surface area contributed by atoms with Gasteiger partial charge < -0.3 is 23.7 Å². The molecular weight excluding hydrogens is 424 g/mol. The van der Waals surface area contributed by atoms with Crippen molar-refractivity contribution in [1.82, 2.24) is 9.47 Å². The lowest BCUT2D eigenvalue weighted by atomic mass is 9.99. The van der Waals surface area contributed by atoms with Crippen LogP contribution in [-0.2, 0) is 16.5 Å². The number of nitrogens with zero attached hydrogens (tertiary/aromatic N) is 2. The van der Waals surface area contributed by atoms with Crippen molar-refractivity contribution in [2.24, 2.45) is 7.05 Å². The Morgan fingerprint density at radius 1 is 1.15 bits per heavy atom. The lowest BCUT2D eigenvalue weighted by Crippen LogP contribution is -2.44. The maximum absolute atomic E-state index is 13.6. The molecule has 1 aromatic carbocycles.